The van der Waals surface area contributed by atoms with Gasteiger partial charge >= 0.3 is 0 Å². The highest BCUT2D eigenvalue weighted by atomic mass is 35.5. The summed E-state index contributed by atoms with van der Waals surface area (Å²) in [4.78, 5) is 0.940. The fourth-order valence-corrected chi connectivity index (χ4v) is 2.79. The smallest absolute Gasteiger partial charge is 0.0994 e. The van der Waals surface area contributed by atoms with E-state index in [1.54, 1.807) is 23.9 Å². The van der Waals surface area contributed by atoms with Crippen LogP contribution in [0.25, 0.3) is 0 Å². The Morgan fingerprint density at radius 3 is 2.78 bits per heavy atom. The van der Waals surface area contributed by atoms with Crippen molar-refractivity contribution in [3.8, 4) is 6.07 Å². The van der Waals surface area contributed by atoms with Crippen molar-refractivity contribution in [3.05, 3.63) is 58.6 Å². The van der Waals surface area contributed by atoms with E-state index in [1.165, 1.54) is 0 Å². The summed E-state index contributed by atoms with van der Waals surface area (Å²) in [6.07, 6.45) is 0. The first-order chi connectivity index (χ1) is 8.70. The van der Waals surface area contributed by atoms with Crippen molar-refractivity contribution in [1.82, 2.24) is 0 Å². The van der Waals surface area contributed by atoms with Gasteiger partial charge in [-0.1, -0.05) is 29.8 Å². The molecule has 18 heavy (non-hydrogen) atoms. The van der Waals surface area contributed by atoms with Crippen molar-refractivity contribution < 1.29 is 0 Å². The summed E-state index contributed by atoms with van der Waals surface area (Å²) in [7, 11) is 0. The number of hydrogen-bond donors (Lipinski definition) is 1. The third kappa shape index (κ3) is 2.98. The molecule has 4 heteroatoms. The van der Waals surface area contributed by atoms with E-state index in [-0.39, 0.29) is 0 Å². The number of benzene rings is 2. The number of nitrogen functional groups attached to an aromatic ring is 1. The molecule has 2 aromatic carbocycles. The third-order valence-electron chi connectivity index (χ3n) is 2.50. The second kappa shape index (κ2) is 5.81. The minimum atomic E-state index is 0.667. The number of halogens is 1. The summed E-state index contributed by atoms with van der Waals surface area (Å²) in [5, 5.41) is 9.68. The van der Waals surface area contributed by atoms with Gasteiger partial charge in [-0.3, -0.25) is 0 Å². The van der Waals surface area contributed by atoms with Crippen LogP contribution in [0.1, 0.15) is 11.1 Å². The van der Waals surface area contributed by atoms with Crippen molar-refractivity contribution in [3.63, 3.8) is 0 Å². The Morgan fingerprint density at radius 2 is 2.00 bits per heavy atom. The van der Waals surface area contributed by atoms with E-state index < -0.39 is 0 Å². The van der Waals surface area contributed by atoms with Gasteiger partial charge in [0.2, 0.25) is 0 Å². The molecule has 90 valence electrons. The largest absolute Gasteiger partial charge is 0.398 e. The molecule has 0 atom stereocenters. The molecule has 2 aromatic rings. The van der Waals surface area contributed by atoms with Crippen LogP contribution in [0, 0.1) is 11.3 Å². The Hall–Kier alpha value is -1.63. The first kappa shape index (κ1) is 12.8. The van der Waals surface area contributed by atoms with Crippen LogP contribution < -0.4 is 5.73 Å². The van der Waals surface area contributed by atoms with E-state index in [0.29, 0.717) is 22.0 Å². The number of hydrogen-bond acceptors (Lipinski definition) is 3. The number of anilines is 1. The number of nitrogens with two attached hydrogens (primary N) is 1. The minimum Gasteiger partial charge on any atom is -0.398 e. The molecule has 2 rings (SSSR count). The van der Waals surface area contributed by atoms with Crippen LogP contribution in [0.4, 0.5) is 5.69 Å². The lowest BCUT2D eigenvalue weighted by molar-refractivity contribution is 1.34. The molecule has 0 saturated carbocycles. The Morgan fingerprint density at radius 1 is 1.22 bits per heavy atom. The number of nitriles is 1. The summed E-state index contributed by atoms with van der Waals surface area (Å²) >= 11 is 7.52. The van der Waals surface area contributed by atoms with Crippen molar-refractivity contribution in [2.45, 2.75) is 10.6 Å². The fourth-order valence-electron chi connectivity index (χ4n) is 1.54. The zero-order valence-electron chi connectivity index (χ0n) is 9.56. The van der Waals surface area contributed by atoms with Crippen LogP contribution >= 0.6 is 23.4 Å². The summed E-state index contributed by atoms with van der Waals surface area (Å²) in [6, 6.07) is 15.1. The zero-order valence-corrected chi connectivity index (χ0v) is 11.1. The van der Waals surface area contributed by atoms with Crippen LogP contribution in [-0.2, 0) is 5.75 Å². The zero-order chi connectivity index (χ0) is 13.0. The molecular weight excluding hydrogens is 264 g/mol. The molecule has 0 heterocycles. The second-order valence-corrected chi connectivity index (χ2v) is 5.19. The molecule has 0 radical (unpaired) electrons. The first-order valence-electron chi connectivity index (χ1n) is 5.36. The average Bonchev–Trinajstić information content (AvgIpc) is 2.40. The second-order valence-electron chi connectivity index (χ2n) is 3.74. The average molecular weight is 275 g/mol. The maximum Gasteiger partial charge on any atom is 0.0994 e. The summed E-state index contributed by atoms with van der Waals surface area (Å²) in [6.45, 7) is 0. The molecule has 0 bridgehead atoms. The van der Waals surface area contributed by atoms with Gasteiger partial charge in [-0.25, -0.2) is 0 Å². The third-order valence-corrected chi connectivity index (χ3v) is 3.85. The Kier molecular flexibility index (Phi) is 4.14. The maximum atomic E-state index is 9.01. The van der Waals surface area contributed by atoms with E-state index >= 15 is 0 Å². The van der Waals surface area contributed by atoms with Gasteiger partial charge in [0.25, 0.3) is 0 Å². The highest BCUT2D eigenvalue weighted by molar-refractivity contribution is 7.98. The fraction of sp³-hybridized carbons (Fsp3) is 0.0714. The highest BCUT2D eigenvalue weighted by Gasteiger charge is 2.05. The predicted octanol–water partition coefficient (Wildman–Crippen LogP) is 4.09. The van der Waals surface area contributed by atoms with Crippen LogP contribution in [0.3, 0.4) is 0 Å². The van der Waals surface area contributed by atoms with E-state index in [0.717, 1.165) is 10.5 Å². The molecule has 0 unspecified atom stereocenters. The normalized spacial score (nSPS) is 10.0. The highest BCUT2D eigenvalue weighted by Crippen LogP contribution is 2.31. The van der Waals surface area contributed by atoms with Gasteiger partial charge in [0.15, 0.2) is 0 Å². The molecule has 0 aliphatic rings. The van der Waals surface area contributed by atoms with Crippen molar-refractivity contribution in [2.24, 2.45) is 0 Å². The van der Waals surface area contributed by atoms with Gasteiger partial charge in [0.1, 0.15) is 0 Å². The Labute approximate surface area is 115 Å². The van der Waals surface area contributed by atoms with Gasteiger partial charge in [-0.15, -0.1) is 11.8 Å². The minimum absolute atomic E-state index is 0.667. The molecule has 0 fully saturated rings. The monoisotopic (exact) mass is 274 g/mol. The van der Waals surface area contributed by atoms with Gasteiger partial charge in [0, 0.05) is 21.4 Å². The lowest BCUT2D eigenvalue weighted by Gasteiger charge is -2.07. The summed E-state index contributed by atoms with van der Waals surface area (Å²) in [5.41, 5.74) is 8.29. The molecule has 0 aliphatic heterocycles. The SMILES string of the molecule is N#Cc1ccccc1CSc1cc(Cl)ccc1N. The van der Waals surface area contributed by atoms with Gasteiger partial charge in [-0.05, 0) is 29.8 Å². The van der Waals surface area contributed by atoms with Crippen LogP contribution in [0.2, 0.25) is 5.02 Å². The topological polar surface area (TPSA) is 49.8 Å². The van der Waals surface area contributed by atoms with Crippen molar-refractivity contribution >= 4 is 29.1 Å². The van der Waals surface area contributed by atoms with Crippen LogP contribution in [0.15, 0.2) is 47.4 Å². The van der Waals surface area contributed by atoms with Gasteiger partial charge in [0.05, 0.1) is 11.6 Å². The number of nitrogens with zero attached hydrogens (tertiary/aromatic N) is 1. The summed E-state index contributed by atoms with van der Waals surface area (Å²) in [5.74, 6) is 0.703. The number of thioether (sulfide) groups is 1. The Balaban J connectivity index is 2.17. The molecule has 2 nitrogen and oxygen atoms in total. The van der Waals surface area contributed by atoms with E-state index in [2.05, 4.69) is 6.07 Å². The predicted molar refractivity (Wildman–Crippen MR) is 76.6 cm³/mol. The molecule has 0 saturated heterocycles. The van der Waals surface area contributed by atoms with Crippen LogP contribution in [0.5, 0.6) is 0 Å². The van der Waals surface area contributed by atoms with Crippen molar-refractivity contribution in [2.75, 3.05) is 5.73 Å². The summed E-state index contributed by atoms with van der Waals surface area (Å²) < 4.78 is 0. The number of rotatable bonds is 3. The van der Waals surface area contributed by atoms with E-state index in [4.69, 9.17) is 22.6 Å². The molecule has 0 aliphatic carbocycles. The Bertz CT molecular complexity index is 605. The maximum absolute atomic E-state index is 9.01. The van der Waals surface area contributed by atoms with Gasteiger partial charge < -0.3 is 5.73 Å². The lowest BCUT2D eigenvalue weighted by Crippen LogP contribution is -1.90. The van der Waals surface area contributed by atoms with E-state index in [9.17, 15) is 0 Å². The quantitative estimate of drug-likeness (QED) is 0.677. The molecule has 0 spiro atoms. The standard InChI is InChI=1S/C14H11ClN2S/c15-12-5-6-13(17)14(7-12)18-9-11-4-2-1-3-10(11)8-16/h1-7H,9,17H2. The lowest BCUT2D eigenvalue weighted by atomic mass is 10.1. The first-order valence-corrected chi connectivity index (χ1v) is 6.73. The van der Waals surface area contributed by atoms with Crippen LogP contribution in [-0.4, -0.2) is 0 Å². The van der Waals surface area contributed by atoms with Gasteiger partial charge in [-0.2, -0.15) is 5.26 Å². The molecular formula is C14H11ClN2S. The molecule has 0 aromatic heterocycles. The molecule has 2 N–H and O–H groups in total. The molecule has 0 amide bonds. The van der Waals surface area contributed by atoms with E-state index in [1.807, 2.05) is 30.3 Å². The van der Waals surface area contributed by atoms with Crippen molar-refractivity contribution in [1.29, 1.82) is 5.26 Å².